The molecule has 0 amide bonds. The first-order valence-electron chi connectivity index (χ1n) is 9.84. The number of aryl methyl sites for hydroxylation is 1. The van der Waals surface area contributed by atoms with Gasteiger partial charge in [-0.25, -0.2) is 9.98 Å². The standard InChI is InChI=1S/C24H21N5OS2/c1-16-9-8-12-18(15-16)26-22(25)32-24-28-21(17-10-4-3-5-11-17)27-23(31)29(24)19-13-6-7-14-20(19)30-2/h3-15H,1-2H3,(H2,25,26). The molecule has 0 unspecified atom stereocenters. The number of benzene rings is 3. The van der Waals surface area contributed by atoms with Crippen molar-refractivity contribution in [2.45, 2.75) is 12.1 Å². The van der Waals surface area contributed by atoms with E-state index in [-0.39, 0.29) is 0 Å². The fourth-order valence-electron chi connectivity index (χ4n) is 3.13. The summed E-state index contributed by atoms with van der Waals surface area (Å²) in [6.07, 6.45) is 0. The van der Waals surface area contributed by atoms with Crippen molar-refractivity contribution < 1.29 is 4.74 Å². The van der Waals surface area contributed by atoms with Crippen LogP contribution in [0.5, 0.6) is 5.75 Å². The maximum Gasteiger partial charge on any atom is 0.208 e. The highest BCUT2D eigenvalue weighted by Gasteiger charge is 2.16. The number of para-hydroxylation sites is 2. The van der Waals surface area contributed by atoms with Gasteiger partial charge in [-0.2, -0.15) is 4.98 Å². The van der Waals surface area contributed by atoms with Gasteiger partial charge in [-0.15, -0.1) is 0 Å². The molecule has 0 aliphatic rings. The molecule has 4 aromatic rings. The van der Waals surface area contributed by atoms with Crippen molar-refractivity contribution in [2.24, 2.45) is 10.7 Å². The molecule has 4 rings (SSSR count). The van der Waals surface area contributed by atoms with Crippen LogP contribution < -0.4 is 10.5 Å². The maximum absolute atomic E-state index is 6.32. The number of nitrogens with zero attached hydrogens (tertiary/aromatic N) is 4. The molecule has 6 nitrogen and oxygen atoms in total. The summed E-state index contributed by atoms with van der Waals surface area (Å²) in [6.45, 7) is 2.01. The lowest BCUT2D eigenvalue weighted by Crippen LogP contribution is -2.13. The minimum absolute atomic E-state index is 0.339. The van der Waals surface area contributed by atoms with Crippen molar-refractivity contribution >= 4 is 34.8 Å². The fraction of sp³-hybridized carbons (Fsp3) is 0.0833. The van der Waals surface area contributed by atoms with Gasteiger partial charge < -0.3 is 10.5 Å². The zero-order chi connectivity index (χ0) is 22.5. The summed E-state index contributed by atoms with van der Waals surface area (Å²) in [7, 11) is 1.61. The number of aliphatic imine (C=N–C) groups is 1. The molecule has 160 valence electrons. The summed E-state index contributed by atoms with van der Waals surface area (Å²) in [5.74, 6) is 1.17. The maximum atomic E-state index is 6.32. The predicted octanol–water partition coefficient (Wildman–Crippen LogP) is 5.72. The average molecular weight is 460 g/mol. The lowest BCUT2D eigenvalue weighted by molar-refractivity contribution is 0.411. The normalized spacial score (nSPS) is 11.4. The Morgan fingerprint density at radius 2 is 1.75 bits per heavy atom. The average Bonchev–Trinajstić information content (AvgIpc) is 2.79. The number of rotatable bonds is 5. The second-order valence-electron chi connectivity index (χ2n) is 6.88. The third-order valence-electron chi connectivity index (χ3n) is 4.58. The van der Waals surface area contributed by atoms with E-state index in [4.69, 9.17) is 27.7 Å². The number of hydrogen-bond donors (Lipinski definition) is 1. The van der Waals surface area contributed by atoms with Crippen LogP contribution >= 0.6 is 24.0 Å². The van der Waals surface area contributed by atoms with E-state index in [1.165, 1.54) is 11.8 Å². The molecule has 3 aromatic carbocycles. The van der Waals surface area contributed by atoms with E-state index in [0.717, 1.165) is 22.5 Å². The minimum atomic E-state index is 0.339. The van der Waals surface area contributed by atoms with E-state index in [9.17, 15) is 0 Å². The second kappa shape index (κ2) is 9.76. The number of amidine groups is 1. The van der Waals surface area contributed by atoms with Crippen LogP contribution in [0.3, 0.4) is 0 Å². The van der Waals surface area contributed by atoms with Crippen molar-refractivity contribution in [2.75, 3.05) is 7.11 Å². The van der Waals surface area contributed by atoms with Gasteiger partial charge in [0.05, 0.1) is 18.5 Å². The van der Waals surface area contributed by atoms with Crippen molar-refractivity contribution in [3.05, 3.63) is 89.2 Å². The molecule has 32 heavy (non-hydrogen) atoms. The van der Waals surface area contributed by atoms with Gasteiger partial charge in [-0.3, -0.25) is 4.57 Å². The first kappa shape index (κ1) is 21.7. The summed E-state index contributed by atoms with van der Waals surface area (Å²) in [5.41, 5.74) is 9.79. The van der Waals surface area contributed by atoms with Crippen molar-refractivity contribution in [3.63, 3.8) is 0 Å². The topological polar surface area (TPSA) is 78.3 Å². The molecular weight excluding hydrogens is 438 g/mol. The molecule has 0 atom stereocenters. The summed E-state index contributed by atoms with van der Waals surface area (Å²) >= 11 is 6.90. The fourth-order valence-corrected chi connectivity index (χ4v) is 4.21. The molecule has 1 aromatic heterocycles. The minimum Gasteiger partial charge on any atom is -0.495 e. The summed E-state index contributed by atoms with van der Waals surface area (Å²) < 4.78 is 7.64. The van der Waals surface area contributed by atoms with Crippen LogP contribution in [-0.2, 0) is 0 Å². The Bertz CT molecular complexity index is 1340. The van der Waals surface area contributed by atoms with E-state index >= 15 is 0 Å². The van der Waals surface area contributed by atoms with E-state index in [2.05, 4.69) is 9.98 Å². The predicted molar refractivity (Wildman–Crippen MR) is 132 cm³/mol. The third-order valence-corrected chi connectivity index (χ3v) is 5.61. The van der Waals surface area contributed by atoms with Crippen LogP contribution in [0.2, 0.25) is 0 Å². The zero-order valence-electron chi connectivity index (χ0n) is 17.6. The summed E-state index contributed by atoms with van der Waals surface area (Å²) in [6, 6.07) is 25.1. The van der Waals surface area contributed by atoms with Crippen molar-refractivity contribution in [3.8, 4) is 22.8 Å². The molecule has 0 bridgehead atoms. The summed E-state index contributed by atoms with van der Waals surface area (Å²) in [4.78, 5) is 13.9. The second-order valence-corrected chi connectivity index (χ2v) is 8.23. The van der Waals surface area contributed by atoms with Crippen LogP contribution in [-0.4, -0.2) is 26.8 Å². The van der Waals surface area contributed by atoms with Gasteiger partial charge in [0.15, 0.2) is 16.1 Å². The number of aromatic nitrogens is 3. The number of hydrogen-bond acceptors (Lipinski definition) is 6. The Hall–Kier alpha value is -3.49. The lowest BCUT2D eigenvalue weighted by atomic mass is 10.2. The van der Waals surface area contributed by atoms with E-state index in [0.29, 0.717) is 26.7 Å². The molecule has 0 radical (unpaired) electrons. The molecule has 8 heteroatoms. The third kappa shape index (κ3) is 4.87. The Kier molecular flexibility index (Phi) is 6.63. The first-order chi connectivity index (χ1) is 15.5. The van der Waals surface area contributed by atoms with Gasteiger partial charge in [-0.05, 0) is 60.7 Å². The van der Waals surface area contributed by atoms with Crippen LogP contribution in [0.15, 0.2) is 89.0 Å². The number of thioether (sulfide) groups is 1. The molecular formula is C24H21N5OS2. The lowest BCUT2D eigenvalue weighted by Gasteiger charge is -2.16. The van der Waals surface area contributed by atoms with E-state index in [1.54, 1.807) is 11.7 Å². The Balaban J connectivity index is 1.85. The molecule has 1 heterocycles. The summed E-state index contributed by atoms with van der Waals surface area (Å²) in [5, 5.41) is 0.883. The van der Waals surface area contributed by atoms with Gasteiger partial charge in [-0.1, -0.05) is 54.6 Å². The first-order valence-corrected chi connectivity index (χ1v) is 11.1. The van der Waals surface area contributed by atoms with Gasteiger partial charge in [0.1, 0.15) is 5.75 Å². The van der Waals surface area contributed by atoms with Crippen LogP contribution in [0, 0.1) is 11.7 Å². The van der Waals surface area contributed by atoms with Crippen LogP contribution in [0.4, 0.5) is 5.69 Å². The van der Waals surface area contributed by atoms with E-state index in [1.807, 2.05) is 85.8 Å². The molecule has 0 fully saturated rings. The molecule has 0 spiro atoms. The highest BCUT2D eigenvalue weighted by molar-refractivity contribution is 8.13. The van der Waals surface area contributed by atoms with Crippen molar-refractivity contribution in [1.82, 2.24) is 14.5 Å². The van der Waals surface area contributed by atoms with Gasteiger partial charge in [0.2, 0.25) is 4.77 Å². The number of methoxy groups -OCH3 is 1. The largest absolute Gasteiger partial charge is 0.495 e. The highest BCUT2D eigenvalue weighted by Crippen LogP contribution is 2.29. The van der Waals surface area contributed by atoms with Gasteiger partial charge in [0.25, 0.3) is 0 Å². The monoisotopic (exact) mass is 459 g/mol. The number of nitrogens with two attached hydrogens (primary N) is 1. The Labute approximate surface area is 195 Å². The SMILES string of the molecule is COc1ccccc1-n1c(SC(N)=Nc2cccc(C)c2)nc(-c2ccccc2)nc1=S. The molecule has 0 saturated carbocycles. The van der Waals surface area contributed by atoms with E-state index < -0.39 is 0 Å². The zero-order valence-corrected chi connectivity index (χ0v) is 19.2. The molecule has 0 saturated heterocycles. The quantitative estimate of drug-likeness (QED) is 0.178. The molecule has 0 aliphatic heterocycles. The van der Waals surface area contributed by atoms with Gasteiger partial charge >= 0.3 is 0 Å². The molecule has 2 N–H and O–H groups in total. The number of ether oxygens (including phenoxy) is 1. The Morgan fingerprint density at radius 3 is 2.50 bits per heavy atom. The van der Waals surface area contributed by atoms with Crippen molar-refractivity contribution in [1.29, 1.82) is 0 Å². The molecule has 0 aliphatic carbocycles. The Morgan fingerprint density at radius 1 is 1.00 bits per heavy atom. The highest BCUT2D eigenvalue weighted by atomic mass is 32.2. The van der Waals surface area contributed by atoms with Crippen LogP contribution in [0.1, 0.15) is 5.56 Å². The van der Waals surface area contributed by atoms with Crippen LogP contribution in [0.25, 0.3) is 17.1 Å². The van der Waals surface area contributed by atoms with Gasteiger partial charge in [0, 0.05) is 5.56 Å². The smallest absolute Gasteiger partial charge is 0.208 e.